The Morgan fingerprint density at radius 2 is 1.48 bits per heavy atom. The monoisotopic (exact) mass is 861 g/mol. The highest BCUT2D eigenvalue weighted by Crippen LogP contribution is 2.36. The molecule has 2 aliphatic rings. The molecule has 4 atom stereocenters. The molecule has 342 valence electrons. The summed E-state index contributed by atoms with van der Waals surface area (Å²) in [6.07, 6.45) is 6.15. The molecule has 2 saturated heterocycles. The normalized spacial score (nSPS) is 19.3. The molecule has 0 saturated carbocycles. The van der Waals surface area contributed by atoms with Crippen molar-refractivity contribution < 1.29 is 38.7 Å². The van der Waals surface area contributed by atoms with E-state index in [1.165, 1.54) is 5.06 Å². The molecule has 2 aliphatic heterocycles. The molecular weight excluding hydrogens is 789 g/mol. The van der Waals surface area contributed by atoms with Crippen LogP contribution in [0.4, 0.5) is 9.59 Å². The number of ether oxygens (including phenoxy) is 2. The van der Waals surface area contributed by atoms with Gasteiger partial charge in [0.25, 0.3) is 0 Å². The van der Waals surface area contributed by atoms with Crippen LogP contribution < -0.4 is 21.3 Å². The van der Waals surface area contributed by atoms with Gasteiger partial charge in [0.1, 0.15) is 24.3 Å². The zero-order valence-corrected chi connectivity index (χ0v) is 38.4. The Bertz CT molecular complexity index is 1790. The van der Waals surface area contributed by atoms with Gasteiger partial charge >= 0.3 is 12.2 Å². The fourth-order valence-corrected chi connectivity index (χ4v) is 8.52. The van der Waals surface area contributed by atoms with E-state index in [0.29, 0.717) is 51.5 Å². The lowest BCUT2D eigenvalue weighted by atomic mass is 9.79. The van der Waals surface area contributed by atoms with E-state index < -0.39 is 58.8 Å². The molecule has 2 aromatic carbocycles. The van der Waals surface area contributed by atoms with Crippen molar-refractivity contribution in [3.63, 3.8) is 0 Å². The van der Waals surface area contributed by atoms with Gasteiger partial charge in [0.15, 0.2) is 0 Å². The van der Waals surface area contributed by atoms with E-state index in [1.54, 1.807) is 25.7 Å². The molecule has 14 nitrogen and oxygen atoms in total. The first-order valence-corrected chi connectivity index (χ1v) is 22.2. The number of benzene rings is 2. The third-order valence-electron chi connectivity index (χ3n) is 11.2. The summed E-state index contributed by atoms with van der Waals surface area (Å²) in [7, 11) is 0. The summed E-state index contributed by atoms with van der Waals surface area (Å²) in [6.45, 7) is 17.9. The van der Waals surface area contributed by atoms with Crippen LogP contribution in [-0.4, -0.2) is 99.0 Å². The van der Waals surface area contributed by atoms with E-state index in [9.17, 15) is 29.2 Å². The minimum Gasteiger partial charge on any atom is -0.445 e. The summed E-state index contributed by atoms with van der Waals surface area (Å²) < 4.78 is 10.9. The van der Waals surface area contributed by atoms with E-state index >= 15 is 0 Å². The molecule has 0 spiro atoms. The standard InChI is InChI=1S/C48H72N6O8/c1-33(2)28-37(51-45(59)62-46(3,4)5)25-24-36(29-34-18-12-10-13-19-34)43(57)53-27-17-23-40(53)42(56)52-39(22-16-26-49-44(58)61-32-35-20-14-11-15-21-35)41(55)50-38-30-47(6,7)54(60)48(8,9)31-38/h10-15,18-21,24-25,33,36-40,60H,16-17,22-23,26-32H2,1-9H3,(H,49,58)(H,50,55)(H,51,59)(H,52,56)/b25-24+/t36?,37?,39?,40-/m0/s1. The number of carbonyl (C=O) groups is 5. The summed E-state index contributed by atoms with van der Waals surface area (Å²) in [5, 5.41) is 24.1. The highest BCUT2D eigenvalue weighted by molar-refractivity contribution is 5.93. The average molecular weight is 861 g/mol. The van der Waals surface area contributed by atoms with Crippen LogP contribution in [0.15, 0.2) is 72.8 Å². The van der Waals surface area contributed by atoms with E-state index in [4.69, 9.17) is 9.47 Å². The minimum atomic E-state index is -0.962. The van der Waals surface area contributed by atoms with Crippen molar-refractivity contribution in [2.24, 2.45) is 11.8 Å². The number of hydrogen-bond acceptors (Lipinski definition) is 9. The number of hydrogen-bond donors (Lipinski definition) is 5. The molecule has 0 aliphatic carbocycles. The summed E-state index contributed by atoms with van der Waals surface area (Å²) in [5.74, 6) is -1.42. The third-order valence-corrected chi connectivity index (χ3v) is 11.2. The lowest BCUT2D eigenvalue weighted by Gasteiger charge is -2.51. The maximum absolute atomic E-state index is 14.6. The molecule has 4 rings (SSSR count). The second-order valence-electron chi connectivity index (χ2n) is 19.5. The fraction of sp³-hybridized carbons (Fsp3) is 0.604. The van der Waals surface area contributed by atoms with Crippen molar-refractivity contribution in [1.82, 2.24) is 31.2 Å². The largest absolute Gasteiger partial charge is 0.445 e. The Kier molecular flexibility index (Phi) is 18.0. The number of hydroxylamine groups is 2. The van der Waals surface area contributed by atoms with Gasteiger partial charge in [0.05, 0.1) is 12.0 Å². The maximum Gasteiger partial charge on any atom is 0.408 e. The van der Waals surface area contributed by atoms with E-state index in [-0.39, 0.29) is 43.3 Å². The molecular formula is C48H72N6O8. The smallest absolute Gasteiger partial charge is 0.408 e. The Hall–Kier alpha value is -4.95. The van der Waals surface area contributed by atoms with Gasteiger partial charge in [-0.05, 0) is 117 Å². The number of nitrogens with one attached hydrogen (secondary N) is 4. The number of amides is 5. The molecule has 3 unspecified atom stereocenters. The number of piperidine rings is 1. The highest BCUT2D eigenvalue weighted by atomic mass is 16.6. The first-order valence-electron chi connectivity index (χ1n) is 22.2. The summed E-state index contributed by atoms with van der Waals surface area (Å²) >= 11 is 0. The first-order chi connectivity index (χ1) is 29.1. The van der Waals surface area contributed by atoms with Crippen LogP contribution in [0.2, 0.25) is 0 Å². The van der Waals surface area contributed by atoms with Crippen molar-refractivity contribution in [2.45, 2.75) is 161 Å². The number of rotatable bonds is 18. The molecule has 2 aromatic rings. The first kappa shape index (κ1) is 49.7. The number of nitrogens with zero attached hydrogens (tertiary/aromatic N) is 2. The van der Waals surface area contributed by atoms with Gasteiger partial charge in [-0.25, -0.2) is 9.59 Å². The van der Waals surface area contributed by atoms with Gasteiger partial charge in [0, 0.05) is 30.2 Å². The van der Waals surface area contributed by atoms with Gasteiger partial charge < -0.3 is 40.8 Å². The van der Waals surface area contributed by atoms with Crippen LogP contribution >= 0.6 is 0 Å². The van der Waals surface area contributed by atoms with E-state index in [2.05, 4.69) is 35.1 Å². The van der Waals surface area contributed by atoms with Crippen molar-refractivity contribution in [3.05, 3.63) is 83.9 Å². The Morgan fingerprint density at radius 3 is 2.08 bits per heavy atom. The molecule has 0 aromatic heterocycles. The molecule has 0 bridgehead atoms. The van der Waals surface area contributed by atoms with E-state index in [1.807, 2.05) is 101 Å². The Morgan fingerprint density at radius 1 is 0.871 bits per heavy atom. The van der Waals surface area contributed by atoms with Crippen molar-refractivity contribution in [3.8, 4) is 0 Å². The fourth-order valence-electron chi connectivity index (χ4n) is 8.52. The topological polar surface area (TPSA) is 179 Å². The lowest BCUT2D eigenvalue weighted by molar-refractivity contribution is -0.246. The van der Waals surface area contributed by atoms with Crippen molar-refractivity contribution in [2.75, 3.05) is 13.1 Å². The van der Waals surface area contributed by atoms with Crippen molar-refractivity contribution >= 4 is 29.9 Å². The zero-order chi connectivity index (χ0) is 45.7. The molecule has 5 amide bonds. The SMILES string of the molecule is CC(C)CC(/C=C/C(Cc1ccccc1)C(=O)N1CCC[C@H]1C(=O)NC(CCCNC(=O)OCc1ccccc1)C(=O)NC1CC(C)(C)N(O)C(C)(C)C1)NC(=O)OC(C)(C)C. The second-order valence-corrected chi connectivity index (χ2v) is 19.5. The van der Waals surface area contributed by atoms with Gasteiger partial charge in [-0.1, -0.05) is 86.7 Å². The molecule has 5 N–H and O–H groups in total. The van der Waals surface area contributed by atoms with Gasteiger partial charge in [-0.3, -0.25) is 14.4 Å². The quantitative estimate of drug-likeness (QED) is 0.0776. The maximum atomic E-state index is 14.6. The van der Waals surface area contributed by atoms with Crippen LogP contribution in [0.5, 0.6) is 0 Å². The van der Waals surface area contributed by atoms with Crippen LogP contribution in [0.1, 0.15) is 118 Å². The zero-order valence-electron chi connectivity index (χ0n) is 38.4. The van der Waals surface area contributed by atoms with Crippen LogP contribution in [0, 0.1) is 11.8 Å². The number of alkyl carbamates (subject to hydrolysis) is 2. The Balaban J connectivity index is 1.51. The average Bonchev–Trinajstić information content (AvgIpc) is 3.68. The van der Waals surface area contributed by atoms with E-state index in [0.717, 1.165) is 11.1 Å². The lowest BCUT2D eigenvalue weighted by Crippen LogP contribution is -2.64. The van der Waals surface area contributed by atoms with Crippen molar-refractivity contribution in [1.29, 1.82) is 0 Å². The molecule has 0 radical (unpaired) electrons. The predicted octanol–water partition coefficient (Wildman–Crippen LogP) is 7.05. The molecule has 62 heavy (non-hydrogen) atoms. The van der Waals surface area contributed by atoms with Gasteiger partial charge in [-0.2, -0.15) is 5.06 Å². The van der Waals surface area contributed by atoms with Crippen LogP contribution in [0.3, 0.4) is 0 Å². The highest BCUT2D eigenvalue weighted by Gasteiger charge is 2.46. The summed E-state index contributed by atoms with van der Waals surface area (Å²) in [6, 6.07) is 16.6. The number of likely N-dealkylation sites (tertiary alicyclic amines) is 1. The molecule has 2 fully saturated rings. The van der Waals surface area contributed by atoms with Gasteiger partial charge in [-0.15, -0.1) is 0 Å². The Labute approximate surface area is 368 Å². The third kappa shape index (κ3) is 15.7. The second kappa shape index (κ2) is 22.4. The van der Waals surface area contributed by atoms with Crippen LogP contribution in [0.25, 0.3) is 0 Å². The minimum absolute atomic E-state index is 0.118. The van der Waals surface area contributed by atoms with Gasteiger partial charge in [0.2, 0.25) is 17.7 Å². The summed E-state index contributed by atoms with van der Waals surface area (Å²) in [4.78, 5) is 69.9. The summed E-state index contributed by atoms with van der Waals surface area (Å²) in [5.41, 5.74) is -0.0971. The molecule has 2 heterocycles. The molecule has 14 heteroatoms. The van der Waals surface area contributed by atoms with Crippen LogP contribution in [-0.2, 0) is 36.9 Å². The predicted molar refractivity (Wildman–Crippen MR) is 239 cm³/mol. The number of carbonyl (C=O) groups excluding carboxylic acids is 5.